The lowest BCUT2D eigenvalue weighted by atomic mass is 9.98. The summed E-state index contributed by atoms with van der Waals surface area (Å²) in [6.07, 6.45) is 3.65. The van der Waals surface area contributed by atoms with Crippen molar-refractivity contribution in [2.45, 2.75) is 59.0 Å². The number of ether oxygens (including phenoxy) is 2. The van der Waals surface area contributed by atoms with Gasteiger partial charge in [-0.1, -0.05) is 50.2 Å². The van der Waals surface area contributed by atoms with Gasteiger partial charge in [-0.2, -0.15) is 4.99 Å². The molecule has 0 bridgehead atoms. The minimum atomic E-state index is -0.565. The Balaban J connectivity index is 0.738. The number of nitrogens with two attached hydrogens (primary N) is 1. The second kappa shape index (κ2) is 23.3. The number of anilines is 2. The fraction of sp³-hybridized carbons (Fsp3) is 0.345. The average molecular weight is 1050 g/mol. The molecule has 0 radical (unpaired) electrons. The second-order valence-electron chi connectivity index (χ2n) is 19.2. The number of phenols is 2. The molecule has 77 heavy (non-hydrogen) atoms. The summed E-state index contributed by atoms with van der Waals surface area (Å²) >= 11 is 0. The van der Waals surface area contributed by atoms with E-state index in [1.165, 1.54) is 25.6 Å². The average Bonchev–Trinajstić information content (AvgIpc) is 4.16. The number of fused-ring (bicyclic) bond motifs is 3. The van der Waals surface area contributed by atoms with E-state index in [1.807, 2.05) is 90.9 Å². The lowest BCUT2D eigenvalue weighted by Gasteiger charge is -2.35. The maximum atomic E-state index is 13.5. The summed E-state index contributed by atoms with van der Waals surface area (Å²) in [5.41, 5.74) is 10.8. The number of likely N-dealkylation sites (N-methyl/N-ethyl adjacent to an activating group) is 1. The molecule has 6 N–H and O–H groups in total. The van der Waals surface area contributed by atoms with Crippen LogP contribution < -0.4 is 31.5 Å². The standard InChI is InChI=1S/C55H62N14O8/c1-6-57-53(75)51-64-63-50(41-28-40(33(2)3)42(70)29-43(41)71)69(51)38-14-12-36(13-15-38)32-66-21-23-67(24-22-66)46(73)27-35-10-8-34(9-11-35)26-45(72)65(4)19-7-25-77-44-17-16-39-47(48(44)76-5)61-55(68-20-18-58-49(39)68)62-52(74)37-30-59-54(56)60-31-37/h8-17,28-31,33,58,70-71H,6-7,18-27,32H2,1-5H3,(H,57,75)(H2,56,59,60). The van der Waals surface area contributed by atoms with Crippen LogP contribution in [0.5, 0.6) is 23.0 Å². The number of amides is 4. The zero-order chi connectivity index (χ0) is 54.3. The molecule has 2 aliphatic heterocycles. The number of rotatable bonds is 18. The summed E-state index contributed by atoms with van der Waals surface area (Å²) in [6, 6.07) is 22.0. The second-order valence-corrected chi connectivity index (χ2v) is 19.2. The number of carbonyl (C=O) groups is 4. The molecule has 5 heterocycles. The number of methoxy groups -OCH3 is 1. The van der Waals surface area contributed by atoms with Gasteiger partial charge in [-0.25, -0.2) is 15.0 Å². The third kappa shape index (κ3) is 11.8. The Hall–Kier alpha value is -8.92. The van der Waals surface area contributed by atoms with E-state index in [1.54, 1.807) is 22.6 Å². The molecular formula is C55H62N14O8. The third-order valence-corrected chi connectivity index (χ3v) is 13.6. The van der Waals surface area contributed by atoms with Crippen molar-refractivity contribution >= 4 is 46.3 Å². The smallest absolute Gasteiger partial charge is 0.289 e. The number of hydrogen-bond donors (Lipinski definition) is 5. The SMILES string of the molecule is CCNC(=O)c1nnc(-c2cc(C(C)C)c(O)cc2O)n1-c1ccc(CN2CCN(C(=O)Cc3ccc(CC(=O)N(C)CCCOc4ccc5c6n(c(=NC(=O)c7cnc(N)nc7)nc5c4OC)CCN6)cc3)CC2)cc1. The van der Waals surface area contributed by atoms with Crippen molar-refractivity contribution < 1.29 is 38.9 Å². The van der Waals surface area contributed by atoms with Crippen molar-refractivity contribution in [3.63, 3.8) is 0 Å². The predicted molar refractivity (Wildman–Crippen MR) is 287 cm³/mol. The van der Waals surface area contributed by atoms with Gasteiger partial charge in [0.2, 0.25) is 29.2 Å². The molecule has 7 aromatic rings. The largest absolute Gasteiger partial charge is 0.508 e. The van der Waals surface area contributed by atoms with E-state index in [-0.39, 0.29) is 70.9 Å². The maximum Gasteiger partial charge on any atom is 0.289 e. The first-order chi connectivity index (χ1) is 37.2. The summed E-state index contributed by atoms with van der Waals surface area (Å²) in [4.78, 5) is 75.6. The van der Waals surface area contributed by atoms with Crippen LogP contribution in [0.15, 0.2) is 90.2 Å². The summed E-state index contributed by atoms with van der Waals surface area (Å²) in [5.74, 6) is 0.747. The lowest BCUT2D eigenvalue weighted by Crippen LogP contribution is -2.48. The van der Waals surface area contributed by atoms with Gasteiger partial charge in [-0.15, -0.1) is 10.2 Å². The Labute approximate surface area is 444 Å². The topological polar surface area (TPSA) is 274 Å². The van der Waals surface area contributed by atoms with Gasteiger partial charge in [0.05, 0.1) is 37.7 Å². The van der Waals surface area contributed by atoms with Crippen molar-refractivity contribution in [2.75, 3.05) is 77.6 Å². The number of nitrogens with zero attached hydrogens (tertiary/aromatic N) is 11. The Kier molecular flexibility index (Phi) is 16.0. The summed E-state index contributed by atoms with van der Waals surface area (Å²) < 4.78 is 15.4. The van der Waals surface area contributed by atoms with Gasteiger partial charge >= 0.3 is 0 Å². The number of aromatic nitrogens is 7. The third-order valence-electron chi connectivity index (χ3n) is 13.6. The van der Waals surface area contributed by atoms with Gasteiger partial charge in [0.1, 0.15) is 22.8 Å². The van der Waals surface area contributed by atoms with Crippen molar-refractivity contribution in [1.29, 1.82) is 0 Å². The molecule has 0 aliphatic carbocycles. The van der Waals surface area contributed by atoms with Crippen molar-refractivity contribution in [1.82, 2.24) is 54.3 Å². The molecule has 0 unspecified atom stereocenters. The maximum absolute atomic E-state index is 13.5. The van der Waals surface area contributed by atoms with Gasteiger partial charge in [0.25, 0.3) is 11.8 Å². The Morgan fingerprint density at radius 2 is 1.58 bits per heavy atom. The molecule has 400 valence electrons. The summed E-state index contributed by atoms with van der Waals surface area (Å²) in [6.45, 7) is 11.2. The zero-order valence-electron chi connectivity index (χ0n) is 43.7. The molecule has 22 heteroatoms. The normalized spacial score (nSPS) is 13.6. The van der Waals surface area contributed by atoms with E-state index in [0.29, 0.717) is 106 Å². The number of piperazine rings is 1. The fourth-order valence-corrected chi connectivity index (χ4v) is 9.42. The molecule has 3 aromatic heterocycles. The predicted octanol–water partition coefficient (Wildman–Crippen LogP) is 4.47. The van der Waals surface area contributed by atoms with Gasteiger partial charge < -0.3 is 45.9 Å². The molecule has 2 aliphatic rings. The van der Waals surface area contributed by atoms with Crippen molar-refractivity contribution in [3.05, 3.63) is 124 Å². The van der Waals surface area contributed by atoms with Crippen molar-refractivity contribution in [2.24, 2.45) is 4.99 Å². The van der Waals surface area contributed by atoms with Gasteiger partial charge in [0.15, 0.2) is 17.3 Å². The Morgan fingerprint density at radius 3 is 2.27 bits per heavy atom. The first-order valence-electron chi connectivity index (χ1n) is 25.5. The van der Waals surface area contributed by atoms with E-state index in [2.05, 4.69) is 40.7 Å². The van der Waals surface area contributed by atoms with Crippen LogP contribution in [0.25, 0.3) is 28.0 Å². The molecule has 4 aromatic carbocycles. The molecule has 0 atom stereocenters. The van der Waals surface area contributed by atoms with E-state index < -0.39 is 11.8 Å². The highest BCUT2D eigenvalue weighted by Crippen LogP contribution is 2.39. The van der Waals surface area contributed by atoms with Crippen LogP contribution in [0.2, 0.25) is 0 Å². The van der Waals surface area contributed by atoms with Crippen LogP contribution in [-0.2, 0) is 35.5 Å². The number of nitrogens with one attached hydrogen (secondary N) is 2. The molecule has 9 rings (SSSR count). The van der Waals surface area contributed by atoms with E-state index in [0.717, 1.165) is 27.9 Å². The van der Waals surface area contributed by atoms with Crippen LogP contribution in [0.3, 0.4) is 0 Å². The van der Waals surface area contributed by atoms with E-state index in [9.17, 15) is 29.4 Å². The van der Waals surface area contributed by atoms with Gasteiger partial charge in [0, 0.05) is 95.5 Å². The molecule has 0 saturated carbocycles. The molecule has 1 saturated heterocycles. The number of carbonyl (C=O) groups excluding carboxylic acids is 4. The van der Waals surface area contributed by atoms with Crippen LogP contribution in [-0.4, -0.2) is 149 Å². The number of nitrogen functional groups attached to an aromatic ring is 1. The Morgan fingerprint density at radius 1 is 0.883 bits per heavy atom. The first kappa shape index (κ1) is 52.9. The molecule has 0 spiro atoms. The highest BCUT2D eigenvalue weighted by Gasteiger charge is 2.27. The minimum Gasteiger partial charge on any atom is -0.508 e. The lowest BCUT2D eigenvalue weighted by molar-refractivity contribution is -0.132. The highest BCUT2D eigenvalue weighted by molar-refractivity contribution is 5.97. The van der Waals surface area contributed by atoms with E-state index >= 15 is 0 Å². The molecule has 1 fully saturated rings. The number of hydrogen-bond acceptors (Lipinski definition) is 16. The number of aromatic hydroxyl groups is 2. The fourth-order valence-electron chi connectivity index (χ4n) is 9.42. The molecule has 4 amide bonds. The first-order valence-corrected chi connectivity index (χ1v) is 25.5. The number of phenolic OH excluding ortho intramolecular Hbond substituents is 2. The van der Waals surface area contributed by atoms with Crippen LogP contribution >= 0.6 is 0 Å². The van der Waals surface area contributed by atoms with E-state index in [4.69, 9.17) is 20.2 Å². The minimum absolute atomic E-state index is 0.0277. The molecular weight excluding hydrogens is 985 g/mol. The monoisotopic (exact) mass is 1050 g/mol. The van der Waals surface area contributed by atoms with Crippen LogP contribution in [0.4, 0.5) is 11.8 Å². The van der Waals surface area contributed by atoms with Crippen LogP contribution in [0, 0.1) is 0 Å². The summed E-state index contributed by atoms with van der Waals surface area (Å²) in [7, 11) is 3.29. The zero-order valence-corrected chi connectivity index (χ0v) is 43.7. The van der Waals surface area contributed by atoms with Gasteiger partial charge in [-0.05, 0) is 71.8 Å². The summed E-state index contributed by atoms with van der Waals surface area (Å²) in [5, 5.41) is 36.8. The van der Waals surface area contributed by atoms with Gasteiger partial charge in [-0.3, -0.25) is 33.2 Å². The quantitative estimate of drug-likeness (QED) is 0.0742. The molecule has 22 nitrogen and oxygen atoms in total. The van der Waals surface area contributed by atoms with Crippen LogP contribution in [0.1, 0.15) is 76.3 Å². The number of benzene rings is 4. The highest BCUT2D eigenvalue weighted by atomic mass is 16.5. The van der Waals surface area contributed by atoms with Crippen molar-refractivity contribution in [3.8, 4) is 40.1 Å². The Bertz CT molecular complexity index is 3390.